The number of hydrogen-bond acceptors (Lipinski definition) is 6. The van der Waals surface area contributed by atoms with Crippen LogP contribution in [-0.2, 0) is 7.86 Å². The van der Waals surface area contributed by atoms with E-state index in [0.717, 1.165) is 0 Å². The van der Waals surface area contributed by atoms with E-state index in [2.05, 4.69) is 0 Å². The van der Waals surface area contributed by atoms with E-state index in [4.69, 9.17) is 11.9 Å². The Kier molecular flexibility index (Phi) is 6.75. The molecule has 2 heterocycles. The molecule has 0 aliphatic carbocycles. The Morgan fingerprint density at radius 1 is 0.667 bits per heavy atom. The molecule has 0 unspecified atom stereocenters. The van der Waals surface area contributed by atoms with Gasteiger partial charge in [-0.3, -0.25) is 0 Å². The molecule has 0 aliphatic rings. The molecule has 0 saturated heterocycles. The minimum atomic E-state index is -5.49. The number of carbonyl (C=O) groups excluding carboxylic acids is 1. The second-order valence-corrected chi connectivity index (χ2v) is 13.5. The fourth-order valence-corrected chi connectivity index (χ4v) is 8.44. The van der Waals surface area contributed by atoms with Gasteiger partial charge < -0.3 is 0 Å². The maximum atomic E-state index is 14.4. The summed E-state index contributed by atoms with van der Waals surface area (Å²) in [5.74, 6) is -13.4. The number of rotatable bonds is 6. The summed E-state index contributed by atoms with van der Waals surface area (Å²) in [6, 6.07) is 20.8. The zero-order chi connectivity index (χ0) is 29.8. The molecule has 0 bridgehead atoms. The van der Waals surface area contributed by atoms with Gasteiger partial charge in [0.05, 0.1) is 0 Å². The van der Waals surface area contributed by atoms with E-state index in [-0.39, 0.29) is 39.9 Å². The molecular formula is C30H16F5IO6. The standard InChI is InChI=1S/C30H16F5IO6/c31-15-29(32,33)30(34,35)28(39)42-36(16-9-11-24-20(13-16)26(37)18-5-1-3-7-22(18)40-24)17-10-12-25-21(14-17)27(38)19-6-2-4-8-23(19)41-25/h1-14H,15H2. The van der Waals surface area contributed by atoms with Crippen molar-refractivity contribution in [2.24, 2.45) is 0 Å². The Hall–Kier alpha value is -4.33. The summed E-state index contributed by atoms with van der Waals surface area (Å²) in [5.41, 5.74) is -0.0437. The van der Waals surface area contributed by atoms with Crippen molar-refractivity contribution in [1.82, 2.24) is 0 Å². The SMILES string of the molecule is O=C(OI(c1ccc2oc3ccccc3c(=O)c2c1)c1ccc2oc3ccccc3c(=O)c2c1)C(F)(F)C(F)(F)CF. The summed E-state index contributed by atoms with van der Waals surface area (Å²) in [6.07, 6.45) is 0. The van der Waals surface area contributed by atoms with E-state index in [9.17, 15) is 36.3 Å². The van der Waals surface area contributed by atoms with Crippen LogP contribution in [0.3, 0.4) is 0 Å². The van der Waals surface area contributed by atoms with Gasteiger partial charge in [0, 0.05) is 0 Å². The van der Waals surface area contributed by atoms with Gasteiger partial charge in [0.25, 0.3) is 0 Å². The van der Waals surface area contributed by atoms with E-state index >= 15 is 0 Å². The third-order valence-corrected chi connectivity index (χ3v) is 10.9. The maximum absolute atomic E-state index is 14.4. The van der Waals surface area contributed by atoms with Gasteiger partial charge in [0.2, 0.25) is 0 Å². The molecule has 42 heavy (non-hydrogen) atoms. The first kappa shape index (κ1) is 27.8. The van der Waals surface area contributed by atoms with Gasteiger partial charge >= 0.3 is 240 Å². The van der Waals surface area contributed by atoms with Crippen molar-refractivity contribution < 1.29 is 38.6 Å². The number of para-hydroxylation sites is 2. The molecule has 6 rings (SSSR count). The molecule has 2 aromatic heterocycles. The number of carbonyl (C=O) groups is 1. The van der Waals surface area contributed by atoms with Crippen molar-refractivity contribution in [2.45, 2.75) is 11.8 Å². The Bertz CT molecular complexity index is 2020. The summed E-state index contributed by atoms with van der Waals surface area (Å²) in [6.45, 7) is -2.79. The van der Waals surface area contributed by atoms with Crippen LogP contribution in [0.4, 0.5) is 22.0 Å². The molecule has 0 aliphatic heterocycles. The quantitative estimate of drug-likeness (QED) is 0.102. The molecule has 0 atom stereocenters. The number of alkyl halides is 5. The topological polar surface area (TPSA) is 86.7 Å². The van der Waals surface area contributed by atoms with Crippen molar-refractivity contribution in [1.29, 1.82) is 0 Å². The molecule has 0 amide bonds. The van der Waals surface area contributed by atoms with Crippen LogP contribution in [0, 0.1) is 7.14 Å². The van der Waals surface area contributed by atoms with E-state index in [1.807, 2.05) is 0 Å². The Balaban J connectivity index is 1.55. The van der Waals surface area contributed by atoms with E-state index < -0.39 is 55.6 Å². The average molecular weight is 694 g/mol. The van der Waals surface area contributed by atoms with Gasteiger partial charge in [0.1, 0.15) is 0 Å². The molecule has 6 aromatic rings. The summed E-state index contributed by atoms with van der Waals surface area (Å²) < 4.78 is 85.8. The van der Waals surface area contributed by atoms with Crippen molar-refractivity contribution in [3.63, 3.8) is 0 Å². The van der Waals surface area contributed by atoms with Gasteiger partial charge in [0.15, 0.2) is 0 Å². The summed E-state index contributed by atoms with van der Waals surface area (Å²) >= 11 is -3.96. The fraction of sp³-hybridized carbons (Fsp3) is 0.100. The molecule has 214 valence electrons. The number of halogens is 6. The Morgan fingerprint density at radius 3 is 1.55 bits per heavy atom. The van der Waals surface area contributed by atoms with Crippen molar-refractivity contribution in [3.05, 3.63) is 113 Å². The van der Waals surface area contributed by atoms with Crippen molar-refractivity contribution >= 4 is 70.1 Å². The predicted octanol–water partition coefficient (Wildman–Crippen LogP) is 7.45. The van der Waals surface area contributed by atoms with Crippen molar-refractivity contribution in [2.75, 3.05) is 6.67 Å². The molecule has 12 heteroatoms. The van der Waals surface area contributed by atoms with Crippen LogP contribution < -0.4 is 10.9 Å². The van der Waals surface area contributed by atoms with Crippen molar-refractivity contribution in [3.8, 4) is 0 Å². The predicted molar refractivity (Wildman–Crippen MR) is 153 cm³/mol. The molecule has 0 N–H and O–H groups in total. The van der Waals surface area contributed by atoms with E-state index in [1.165, 1.54) is 48.5 Å². The number of fused-ring (bicyclic) bond motifs is 4. The van der Waals surface area contributed by atoms with Gasteiger partial charge in [-0.25, -0.2) is 0 Å². The first-order chi connectivity index (χ1) is 20.0. The second-order valence-electron chi connectivity index (χ2n) is 9.16. The first-order valence-electron chi connectivity index (χ1n) is 12.2. The summed E-state index contributed by atoms with van der Waals surface area (Å²) in [5, 5.41) is 0.501. The molecule has 4 aromatic carbocycles. The van der Waals surface area contributed by atoms with Crippen LogP contribution in [-0.4, -0.2) is 24.5 Å². The van der Waals surface area contributed by atoms with Crippen LogP contribution in [0.2, 0.25) is 0 Å². The molecule has 0 saturated carbocycles. The number of hydrogen-bond donors (Lipinski definition) is 0. The van der Waals surface area contributed by atoms with E-state index in [1.54, 1.807) is 36.4 Å². The molecule has 0 fully saturated rings. The van der Waals surface area contributed by atoms with Crippen LogP contribution >= 0.6 is 20.2 Å². The zero-order valence-electron chi connectivity index (χ0n) is 21.0. The third kappa shape index (κ3) is 4.49. The third-order valence-electron chi connectivity index (χ3n) is 6.50. The van der Waals surface area contributed by atoms with Gasteiger partial charge in [-0.15, -0.1) is 0 Å². The van der Waals surface area contributed by atoms with Crippen LogP contribution in [0.15, 0.2) is 103 Å². The Labute approximate surface area is 239 Å². The Morgan fingerprint density at radius 2 is 1.10 bits per heavy atom. The molecular weight excluding hydrogens is 678 g/mol. The van der Waals surface area contributed by atoms with Crippen LogP contribution in [0.1, 0.15) is 0 Å². The first-order valence-corrected chi connectivity index (χ1v) is 15.2. The molecule has 6 nitrogen and oxygen atoms in total. The molecule has 0 radical (unpaired) electrons. The fourth-order valence-electron chi connectivity index (χ4n) is 4.33. The zero-order valence-corrected chi connectivity index (χ0v) is 23.2. The summed E-state index contributed by atoms with van der Waals surface area (Å²) in [7, 11) is 0. The van der Waals surface area contributed by atoms with Gasteiger partial charge in [-0.05, 0) is 0 Å². The van der Waals surface area contributed by atoms with Crippen LogP contribution in [0.25, 0.3) is 43.9 Å². The average Bonchev–Trinajstić information content (AvgIpc) is 3.00. The normalized spacial score (nSPS) is 12.7. The monoisotopic (exact) mass is 694 g/mol. The summed E-state index contributed by atoms with van der Waals surface area (Å²) in [4.78, 5) is 39.0. The van der Waals surface area contributed by atoms with Gasteiger partial charge in [-0.2, -0.15) is 0 Å². The van der Waals surface area contributed by atoms with E-state index in [0.29, 0.717) is 11.2 Å². The second kappa shape index (κ2) is 10.2. The minimum absolute atomic E-state index is 0.0247. The number of benzene rings is 4. The van der Waals surface area contributed by atoms with Crippen LogP contribution in [0.5, 0.6) is 0 Å². The molecule has 0 spiro atoms. The van der Waals surface area contributed by atoms with Gasteiger partial charge in [-0.1, -0.05) is 0 Å².